The van der Waals surface area contributed by atoms with Gasteiger partial charge in [-0.1, -0.05) is 12.1 Å². The van der Waals surface area contributed by atoms with Gasteiger partial charge in [0.15, 0.2) is 5.76 Å². The largest absolute Gasteiger partial charge is 0.439 e. The van der Waals surface area contributed by atoms with Gasteiger partial charge in [0.1, 0.15) is 5.82 Å². The van der Waals surface area contributed by atoms with Crippen LogP contribution in [0.1, 0.15) is 32.2 Å². The number of hydrogen-bond donors (Lipinski definition) is 1. The highest BCUT2D eigenvalue weighted by Crippen LogP contribution is 2.25. The predicted molar refractivity (Wildman–Crippen MR) is 73.2 cm³/mol. The molecule has 0 saturated carbocycles. The Hall–Kier alpha value is -1.68. The minimum absolute atomic E-state index is 0.0107. The zero-order valence-electron chi connectivity index (χ0n) is 11.7. The second-order valence-corrected chi connectivity index (χ2v) is 5.66. The van der Waals surface area contributed by atoms with Crippen molar-refractivity contribution in [3.05, 3.63) is 41.7 Å². The van der Waals surface area contributed by atoms with Crippen LogP contribution < -0.4 is 5.32 Å². The highest BCUT2D eigenvalue weighted by Gasteiger charge is 2.14. The third-order valence-electron chi connectivity index (χ3n) is 2.78. The van der Waals surface area contributed by atoms with Crippen LogP contribution in [0.5, 0.6) is 0 Å². The van der Waals surface area contributed by atoms with E-state index < -0.39 is 0 Å². The number of halogens is 1. The molecule has 0 aliphatic rings. The van der Waals surface area contributed by atoms with E-state index in [1.807, 2.05) is 6.07 Å². The van der Waals surface area contributed by atoms with E-state index in [9.17, 15) is 4.39 Å². The lowest BCUT2D eigenvalue weighted by Crippen LogP contribution is -2.35. The van der Waals surface area contributed by atoms with Crippen LogP contribution in [0.25, 0.3) is 11.3 Å². The number of aromatic nitrogens is 1. The quantitative estimate of drug-likeness (QED) is 0.917. The van der Waals surface area contributed by atoms with Crippen LogP contribution in [0.2, 0.25) is 0 Å². The van der Waals surface area contributed by atoms with E-state index in [0.717, 1.165) is 0 Å². The van der Waals surface area contributed by atoms with E-state index in [-0.39, 0.29) is 11.4 Å². The van der Waals surface area contributed by atoms with Crippen molar-refractivity contribution in [2.24, 2.45) is 0 Å². The van der Waals surface area contributed by atoms with Gasteiger partial charge >= 0.3 is 0 Å². The summed E-state index contributed by atoms with van der Waals surface area (Å²) in [6.07, 6.45) is 1.57. The number of benzene rings is 1. The minimum atomic E-state index is -0.256. The molecule has 0 atom stereocenters. The lowest BCUT2D eigenvalue weighted by atomic mass is 10.1. The first-order valence-corrected chi connectivity index (χ1v) is 6.32. The molecule has 0 spiro atoms. The molecule has 1 aromatic carbocycles. The summed E-state index contributed by atoms with van der Waals surface area (Å²) in [6.45, 7) is 8.46. The fraction of sp³-hybridized carbons (Fsp3) is 0.400. The Morgan fingerprint density at radius 3 is 2.74 bits per heavy atom. The summed E-state index contributed by atoms with van der Waals surface area (Å²) in [5.74, 6) is 0.770. The first-order valence-electron chi connectivity index (χ1n) is 6.32. The maximum absolute atomic E-state index is 14.0. The van der Waals surface area contributed by atoms with Gasteiger partial charge in [-0.3, -0.25) is 0 Å². The maximum Gasteiger partial charge on any atom is 0.208 e. The van der Waals surface area contributed by atoms with E-state index in [1.165, 1.54) is 0 Å². The van der Waals surface area contributed by atoms with Crippen molar-refractivity contribution in [1.29, 1.82) is 0 Å². The SMILES string of the molecule is Cc1cccc(-c2cnc(CNC(C)(C)C)o2)c1F. The van der Waals surface area contributed by atoms with Crippen LogP contribution in [0, 0.1) is 12.7 Å². The van der Waals surface area contributed by atoms with Gasteiger partial charge in [0, 0.05) is 5.54 Å². The molecule has 2 rings (SSSR count). The summed E-state index contributed by atoms with van der Waals surface area (Å²) in [7, 11) is 0. The van der Waals surface area contributed by atoms with E-state index in [2.05, 4.69) is 31.1 Å². The molecule has 0 bridgehead atoms. The average molecular weight is 262 g/mol. The molecule has 0 aliphatic carbocycles. The molecule has 102 valence electrons. The van der Waals surface area contributed by atoms with Gasteiger partial charge in [0.25, 0.3) is 0 Å². The number of aryl methyl sites for hydroxylation is 1. The normalized spacial score (nSPS) is 11.8. The van der Waals surface area contributed by atoms with Crippen LogP contribution >= 0.6 is 0 Å². The van der Waals surface area contributed by atoms with Gasteiger partial charge in [-0.05, 0) is 39.3 Å². The monoisotopic (exact) mass is 262 g/mol. The first-order chi connectivity index (χ1) is 8.87. The Kier molecular flexibility index (Phi) is 3.71. The molecule has 0 saturated heterocycles. The number of oxazole rings is 1. The van der Waals surface area contributed by atoms with E-state index in [4.69, 9.17) is 4.42 Å². The molecule has 3 nitrogen and oxygen atoms in total. The zero-order valence-corrected chi connectivity index (χ0v) is 11.7. The molecular formula is C15H19FN2O. The third-order valence-corrected chi connectivity index (χ3v) is 2.78. The lowest BCUT2D eigenvalue weighted by Gasteiger charge is -2.18. The van der Waals surface area contributed by atoms with Gasteiger partial charge in [0.05, 0.1) is 18.3 Å². The zero-order chi connectivity index (χ0) is 14.0. The van der Waals surface area contributed by atoms with E-state index in [1.54, 1.807) is 25.3 Å². The fourth-order valence-corrected chi connectivity index (χ4v) is 1.70. The molecule has 0 aliphatic heterocycles. The van der Waals surface area contributed by atoms with E-state index >= 15 is 0 Å². The maximum atomic E-state index is 14.0. The topological polar surface area (TPSA) is 38.1 Å². The Morgan fingerprint density at radius 2 is 2.05 bits per heavy atom. The second kappa shape index (κ2) is 5.13. The van der Waals surface area contributed by atoms with Crippen LogP contribution in [0.4, 0.5) is 4.39 Å². The highest BCUT2D eigenvalue weighted by atomic mass is 19.1. The van der Waals surface area contributed by atoms with Gasteiger partial charge in [-0.15, -0.1) is 0 Å². The summed E-state index contributed by atoms with van der Waals surface area (Å²) in [5, 5.41) is 3.28. The molecule has 1 aromatic heterocycles. The van der Waals surface area contributed by atoms with E-state index in [0.29, 0.717) is 29.3 Å². The van der Waals surface area contributed by atoms with Crippen molar-refractivity contribution in [3.8, 4) is 11.3 Å². The van der Waals surface area contributed by atoms with Crippen molar-refractivity contribution in [1.82, 2.24) is 10.3 Å². The molecule has 4 heteroatoms. The van der Waals surface area contributed by atoms with Gasteiger partial charge < -0.3 is 9.73 Å². The summed E-state index contributed by atoms with van der Waals surface area (Å²) in [4.78, 5) is 4.17. The second-order valence-electron chi connectivity index (χ2n) is 5.66. The molecule has 0 radical (unpaired) electrons. The molecule has 0 unspecified atom stereocenters. The average Bonchev–Trinajstić information content (AvgIpc) is 2.78. The van der Waals surface area contributed by atoms with Crippen molar-refractivity contribution in [3.63, 3.8) is 0 Å². The summed E-state index contributed by atoms with van der Waals surface area (Å²) in [5.41, 5.74) is 1.04. The number of hydrogen-bond acceptors (Lipinski definition) is 3. The predicted octanol–water partition coefficient (Wildman–Crippen LogP) is 3.68. The Bertz CT molecular complexity index is 570. The molecule has 0 fully saturated rings. The van der Waals surface area contributed by atoms with Gasteiger partial charge in [-0.25, -0.2) is 9.37 Å². The summed E-state index contributed by atoms with van der Waals surface area (Å²) >= 11 is 0. The summed E-state index contributed by atoms with van der Waals surface area (Å²) in [6, 6.07) is 5.24. The first kappa shape index (κ1) is 13.7. The van der Waals surface area contributed by atoms with Crippen molar-refractivity contribution in [2.45, 2.75) is 39.8 Å². The Balaban J connectivity index is 2.19. The van der Waals surface area contributed by atoms with Crippen LogP contribution in [0.3, 0.4) is 0 Å². The lowest BCUT2D eigenvalue weighted by molar-refractivity contribution is 0.383. The smallest absolute Gasteiger partial charge is 0.208 e. The standard InChI is InChI=1S/C15H19FN2O/c1-10-6-5-7-11(14(10)16)12-8-17-13(19-12)9-18-15(2,3)4/h5-8,18H,9H2,1-4H3. The molecule has 0 amide bonds. The fourth-order valence-electron chi connectivity index (χ4n) is 1.70. The third kappa shape index (κ3) is 3.41. The van der Waals surface area contributed by atoms with Gasteiger partial charge in [-0.2, -0.15) is 0 Å². The van der Waals surface area contributed by atoms with Crippen molar-refractivity contribution >= 4 is 0 Å². The van der Waals surface area contributed by atoms with Gasteiger partial charge in [0.2, 0.25) is 5.89 Å². The van der Waals surface area contributed by atoms with Crippen LogP contribution in [0.15, 0.2) is 28.8 Å². The summed E-state index contributed by atoms with van der Waals surface area (Å²) < 4.78 is 19.6. The Labute approximate surface area is 112 Å². The minimum Gasteiger partial charge on any atom is -0.439 e. The van der Waals surface area contributed by atoms with Crippen LogP contribution in [-0.4, -0.2) is 10.5 Å². The number of nitrogens with zero attached hydrogens (tertiary/aromatic N) is 1. The molecule has 2 aromatic rings. The van der Waals surface area contributed by atoms with Crippen molar-refractivity contribution in [2.75, 3.05) is 0 Å². The molecule has 19 heavy (non-hydrogen) atoms. The highest BCUT2D eigenvalue weighted by molar-refractivity contribution is 5.58. The van der Waals surface area contributed by atoms with Crippen molar-refractivity contribution < 1.29 is 8.81 Å². The number of nitrogens with one attached hydrogen (secondary N) is 1. The molecular weight excluding hydrogens is 243 g/mol. The molecule has 1 N–H and O–H groups in total. The molecule has 1 heterocycles. The number of rotatable bonds is 3. The van der Waals surface area contributed by atoms with Crippen LogP contribution in [-0.2, 0) is 6.54 Å². The Morgan fingerprint density at radius 1 is 1.32 bits per heavy atom.